The summed E-state index contributed by atoms with van der Waals surface area (Å²) in [6.45, 7) is 4.55. The fraction of sp³-hybridized carbons (Fsp3) is 0.909. The molecule has 0 spiro atoms. The largest absolute Gasteiger partial charge is 0.380 e. The zero-order valence-electron chi connectivity index (χ0n) is 10.1. The van der Waals surface area contributed by atoms with E-state index in [1.807, 2.05) is 6.92 Å². The van der Waals surface area contributed by atoms with Crippen LogP contribution in [-0.4, -0.2) is 31.7 Å². The minimum atomic E-state index is -0.164. The van der Waals surface area contributed by atoms with E-state index in [-0.39, 0.29) is 18.1 Å². The molecule has 0 aliphatic rings. The summed E-state index contributed by atoms with van der Waals surface area (Å²) >= 11 is 0. The van der Waals surface area contributed by atoms with Crippen LogP contribution in [0.15, 0.2) is 0 Å². The molecule has 0 bridgehead atoms. The summed E-state index contributed by atoms with van der Waals surface area (Å²) in [4.78, 5) is 11.5. The Bertz CT molecular complexity index is 170. The lowest BCUT2D eigenvalue weighted by molar-refractivity contribution is -0.124. The maximum absolute atomic E-state index is 11.5. The molecule has 0 saturated carbocycles. The van der Waals surface area contributed by atoms with E-state index < -0.39 is 0 Å². The number of rotatable bonds is 8. The van der Waals surface area contributed by atoms with E-state index in [2.05, 4.69) is 12.2 Å². The Balaban J connectivity index is 3.71. The molecule has 90 valence electrons. The predicted molar refractivity (Wildman–Crippen MR) is 61.6 cm³/mol. The Morgan fingerprint density at radius 2 is 2.20 bits per heavy atom. The second-order valence-corrected chi connectivity index (χ2v) is 3.91. The number of carbonyl (C=O) groups is 1. The first-order valence-corrected chi connectivity index (χ1v) is 5.66. The minimum Gasteiger partial charge on any atom is -0.380 e. The van der Waals surface area contributed by atoms with E-state index >= 15 is 0 Å². The van der Waals surface area contributed by atoms with Crippen LogP contribution in [0.1, 0.15) is 39.5 Å². The number of unbranched alkanes of at least 4 members (excludes halogenated alkanes) is 1. The molecule has 0 fully saturated rings. The molecule has 0 aliphatic heterocycles. The summed E-state index contributed by atoms with van der Waals surface area (Å²) < 4.78 is 5.05. The van der Waals surface area contributed by atoms with Gasteiger partial charge in [0.15, 0.2) is 0 Å². The number of hydrogen-bond donors (Lipinski definition) is 2. The number of ether oxygens (including phenoxy) is 1. The summed E-state index contributed by atoms with van der Waals surface area (Å²) in [6, 6.07) is 0.243. The molecule has 2 unspecified atom stereocenters. The average molecular weight is 216 g/mol. The van der Waals surface area contributed by atoms with Gasteiger partial charge in [0, 0.05) is 19.7 Å². The monoisotopic (exact) mass is 216 g/mol. The first kappa shape index (κ1) is 14.4. The fourth-order valence-electron chi connectivity index (χ4n) is 1.39. The van der Waals surface area contributed by atoms with Crippen molar-refractivity contribution in [2.75, 3.05) is 13.7 Å². The lowest BCUT2D eigenvalue weighted by Gasteiger charge is -2.16. The number of hydrogen-bond acceptors (Lipinski definition) is 3. The molecule has 4 heteroatoms. The van der Waals surface area contributed by atoms with Gasteiger partial charge in [-0.05, 0) is 13.3 Å². The van der Waals surface area contributed by atoms with Crippen LogP contribution in [0, 0.1) is 0 Å². The van der Waals surface area contributed by atoms with Gasteiger partial charge in [0.05, 0.1) is 12.5 Å². The predicted octanol–water partition coefficient (Wildman–Crippen LogP) is 1.05. The van der Waals surface area contributed by atoms with Crippen LogP contribution in [0.2, 0.25) is 0 Å². The molecular weight excluding hydrogens is 192 g/mol. The lowest BCUT2D eigenvalue weighted by Crippen LogP contribution is -2.36. The highest BCUT2D eigenvalue weighted by Crippen LogP contribution is 2.01. The van der Waals surface area contributed by atoms with E-state index in [1.165, 1.54) is 0 Å². The van der Waals surface area contributed by atoms with E-state index in [0.29, 0.717) is 13.0 Å². The first-order chi connectivity index (χ1) is 7.13. The Hall–Kier alpha value is -0.610. The van der Waals surface area contributed by atoms with E-state index in [4.69, 9.17) is 10.5 Å². The molecule has 0 aromatic rings. The second-order valence-electron chi connectivity index (χ2n) is 3.91. The maximum atomic E-state index is 11.5. The van der Waals surface area contributed by atoms with Crippen LogP contribution in [0.5, 0.6) is 0 Å². The summed E-state index contributed by atoms with van der Waals surface area (Å²) in [5, 5.41) is 2.94. The normalized spacial score (nSPS) is 14.7. The standard InChI is InChI=1S/C11H24N2O2/c1-4-5-6-9(2)13-11(14)7-10(8-12)15-3/h9-10H,4-8,12H2,1-3H3,(H,13,14). The van der Waals surface area contributed by atoms with Crippen molar-refractivity contribution in [2.24, 2.45) is 5.73 Å². The molecule has 0 radical (unpaired) electrons. The third-order valence-electron chi connectivity index (χ3n) is 2.41. The maximum Gasteiger partial charge on any atom is 0.222 e. The van der Waals surface area contributed by atoms with Gasteiger partial charge < -0.3 is 15.8 Å². The van der Waals surface area contributed by atoms with Crippen molar-refractivity contribution in [3.05, 3.63) is 0 Å². The van der Waals surface area contributed by atoms with Gasteiger partial charge in [-0.1, -0.05) is 19.8 Å². The highest BCUT2D eigenvalue weighted by molar-refractivity contribution is 5.76. The molecule has 4 nitrogen and oxygen atoms in total. The van der Waals surface area contributed by atoms with Crippen LogP contribution in [0.4, 0.5) is 0 Å². The Kier molecular flexibility index (Phi) is 8.33. The summed E-state index contributed by atoms with van der Waals surface area (Å²) in [5.74, 6) is 0.0240. The number of methoxy groups -OCH3 is 1. The van der Waals surface area contributed by atoms with Gasteiger partial charge in [-0.25, -0.2) is 0 Å². The van der Waals surface area contributed by atoms with Gasteiger partial charge in [-0.15, -0.1) is 0 Å². The molecule has 0 heterocycles. The molecule has 1 amide bonds. The van der Waals surface area contributed by atoms with Crippen LogP contribution in [0.25, 0.3) is 0 Å². The van der Waals surface area contributed by atoms with Crippen LogP contribution in [0.3, 0.4) is 0 Å². The van der Waals surface area contributed by atoms with Crippen molar-refractivity contribution >= 4 is 5.91 Å². The van der Waals surface area contributed by atoms with Gasteiger partial charge in [-0.3, -0.25) is 4.79 Å². The quantitative estimate of drug-likeness (QED) is 0.637. The lowest BCUT2D eigenvalue weighted by atomic mass is 10.1. The number of carbonyl (C=O) groups excluding carboxylic acids is 1. The van der Waals surface area contributed by atoms with E-state index in [0.717, 1.165) is 19.3 Å². The Labute approximate surface area is 92.6 Å². The molecule has 0 aliphatic carbocycles. The van der Waals surface area contributed by atoms with Crippen molar-refractivity contribution in [1.29, 1.82) is 0 Å². The van der Waals surface area contributed by atoms with Crippen molar-refractivity contribution in [3.8, 4) is 0 Å². The Morgan fingerprint density at radius 3 is 2.67 bits per heavy atom. The van der Waals surface area contributed by atoms with Gasteiger partial charge in [0.2, 0.25) is 5.91 Å². The number of nitrogens with two attached hydrogens (primary N) is 1. The number of nitrogens with one attached hydrogen (secondary N) is 1. The van der Waals surface area contributed by atoms with Gasteiger partial charge in [-0.2, -0.15) is 0 Å². The van der Waals surface area contributed by atoms with Gasteiger partial charge >= 0.3 is 0 Å². The SMILES string of the molecule is CCCCC(C)NC(=O)CC(CN)OC. The summed E-state index contributed by atoms with van der Waals surface area (Å²) in [7, 11) is 1.57. The molecular formula is C11H24N2O2. The molecule has 0 aromatic carbocycles. The van der Waals surface area contributed by atoms with E-state index in [9.17, 15) is 4.79 Å². The first-order valence-electron chi connectivity index (χ1n) is 5.66. The van der Waals surface area contributed by atoms with Crippen molar-refractivity contribution < 1.29 is 9.53 Å². The summed E-state index contributed by atoms with van der Waals surface area (Å²) in [6.07, 6.45) is 3.52. The molecule has 0 rings (SSSR count). The molecule has 0 saturated heterocycles. The fourth-order valence-corrected chi connectivity index (χ4v) is 1.39. The van der Waals surface area contributed by atoms with E-state index in [1.54, 1.807) is 7.11 Å². The van der Waals surface area contributed by atoms with Crippen molar-refractivity contribution in [3.63, 3.8) is 0 Å². The second kappa shape index (κ2) is 8.68. The van der Waals surface area contributed by atoms with Crippen LogP contribution < -0.4 is 11.1 Å². The van der Waals surface area contributed by atoms with Gasteiger partial charge in [0.1, 0.15) is 0 Å². The minimum absolute atomic E-state index is 0.0240. The smallest absolute Gasteiger partial charge is 0.222 e. The molecule has 0 aromatic heterocycles. The highest BCUT2D eigenvalue weighted by atomic mass is 16.5. The Morgan fingerprint density at radius 1 is 1.53 bits per heavy atom. The molecule has 15 heavy (non-hydrogen) atoms. The van der Waals surface area contributed by atoms with Crippen molar-refractivity contribution in [2.45, 2.75) is 51.7 Å². The topological polar surface area (TPSA) is 64.4 Å². The van der Waals surface area contributed by atoms with Crippen LogP contribution >= 0.6 is 0 Å². The van der Waals surface area contributed by atoms with Crippen molar-refractivity contribution in [1.82, 2.24) is 5.32 Å². The average Bonchev–Trinajstić information content (AvgIpc) is 2.22. The third-order valence-corrected chi connectivity index (χ3v) is 2.41. The third kappa shape index (κ3) is 7.33. The highest BCUT2D eigenvalue weighted by Gasteiger charge is 2.12. The molecule has 2 atom stereocenters. The molecule has 3 N–H and O–H groups in total. The zero-order chi connectivity index (χ0) is 11.7. The zero-order valence-corrected chi connectivity index (χ0v) is 10.1. The van der Waals surface area contributed by atoms with Crippen LogP contribution in [-0.2, 0) is 9.53 Å². The number of amides is 1. The van der Waals surface area contributed by atoms with Gasteiger partial charge in [0.25, 0.3) is 0 Å². The summed E-state index contributed by atoms with van der Waals surface area (Å²) in [5.41, 5.74) is 5.44.